The minimum Gasteiger partial charge on any atom is -0.507 e. The van der Waals surface area contributed by atoms with Crippen LogP contribution in [0.3, 0.4) is 0 Å². The molecule has 13 nitrogen and oxygen atoms in total. The third kappa shape index (κ3) is 4.90. The standard InChI is InChI=1S/C33H34N2O11/c1-13(2)22-19-11-16-10-18-17(14-5-4-6-15(9-14)31(43)35-20(12-36)32(44)46-3)7-8-21(37)24(18)27(39)23(16)28(40)33(19,45)29(41)25(26(22)38)30(34)42/h4-9,13,16,19-20,22-23,25,36-37,45H,10-12H2,1-3H3,(H2,34,42)(H,35,43)/t16-,19-,20?,22-,23?,25?,33-/m0/s1. The molecule has 0 heterocycles. The molecular formula is C33H34N2O11. The average molecular weight is 635 g/mol. The second kappa shape index (κ2) is 11.9. The first kappa shape index (κ1) is 32.6. The molecule has 2 saturated carbocycles. The molecule has 46 heavy (non-hydrogen) atoms. The van der Waals surface area contributed by atoms with Crippen molar-refractivity contribution in [3.63, 3.8) is 0 Å². The maximum absolute atomic E-state index is 14.0. The maximum Gasteiger partial charge on any atom is 0.330 e. The van der Waals surface area contributed by atoms with Gasteiger partial charge in [-0.3, -0.25) is 28.8 Å². The van der Waals surface area contributed by atoms with E-state index in [0.717, 1.165) is 7.11 Å². The van der Waals surface area contributed by atoms with Crippen molar-refractivity contribution >= 4 is 40.9 Å². The number of Topliss-reactive ketones (excluding diaryl/α,β-unsaturated/α-hetero) is 4. The molecule has 0 aromatic heterocycles. The summed E-state index contributed by atoms with van der Waals surface area (Å²) in [6.45, 7) is 2.64. The second-order valence-electron chi connectivity index (χ2n) is 12.4. The van der Waals surface area contributed by atoms with Crippen LogP contribution in [0.25, 0.3) is 11.1 Å². The number of carbonyl (C=O) groups excluding carboxylic acids is 7. The van der Waals surface area contributed by atoms with Crippen LogP contribution < -0.4 is 11.1 Å². The number of hydrogen-bond donors (Lipinski definition) is 5. The van der Waals surface area contributed by atoms with Crippen molar-refractivity contribution in [2.45, 2.75) is 38.3 Å². The molecule has 0 spiro atoms. The van der Waals surface area contributed by atoms with E-state index in [-0.39, 0.29) is 24.0 Å². The van der Waals surface area contributed by atoms with Gasteiger partial charge in [0.15, 0.2) is 40.7 Å². The van der Waals surface area contributed by atoms with Gasteiger partial charge >= 0.3 is 5.97 Å². The van der Waals surface area contributed by atoms with Gasteiger partial charge in [0, 0.05) is 17.4 Å². The SMILES string of the molecule is COC(=O)C(CO)NC(=O)c1cccc(-c2ccc(O)c3c2C[C@H]2C[C@H]4[C@H](C(C)C)C(=O)C(C(N)=O)C(=O)[C@@]4(O)C(=O)C2C3=O)c1. The van der Waals surface area contributed by atoms with Crippen molar-refractivity contribution in [1.29, 1.82) is 0 Å². The number of carbonyl (C=O) groups is 7. The minimum atomic E-state index is -2.79. The van der Waals surface area contributed by atoms with Gasteiger partial charge in [-0.1, -0.05) is 32.0 Å². The quantitative estimate of drug-likeness (QED) is 0.203. The number of fused-ring (bicyclic) bond motifs is 3. The number of hydrogen-bond acceptors (Lipinski definition) is 11. The van der Waals surface area contributed by atoms with Crippen LogP contribution in [0.5, 0.6) is 5.75 Å². The monoisotopic (exact) mass is 634 g/mol. The fraction of sp³-hybridized carbons (Fsp3) is 0.424. The van der Waals surface area contributed by atoms with E-state index in [1.54, 1.807) is 32.0 Å². The fourth-order valence-corrected chi connectivity index (χ4v) is 7.52. The van der Waals surface area contributed by atoms with E-state index in [0.29, 0.717) is 16.7 Å². The van der Waals surface area contributed by atoms with E-state index in [9.17, 15) is 48.9 Å². The number of aliphatic hydroxyl groups excluding tert-OH is 1. The molecule has 2 fully saturated rings. The molecule has 0 bridgehead atoms. The Balaban J connectivity index is 1.57. The van der Waals surface area contributed by atoms with E-state index < -0.39 is 100 Å². The van der Waals surface area contributed by atoms with Crippen molar-refractivity contribution in [3.05, 3.63) is 53.1 Å². The van der Waals surface area contributed by atoms with Crippen LogP contribution in [0.1, 0.15) is 46.5 Å². The van der Waals surface area contributed by atoms with Crippen LogP contribution in [0.4, 0.5) is 0 Å². The van der Waals surface area contributed by atoms with Crippen LogP contribution in [0.2, 0.25) is 0 Å². The van der Waals surface area contributed by atoms with Crippen LogP contribution in [-0.2, 0) is 35.1 Å². The Bertz CT molecular complexity index is 1700. The highest BCUT2D eigenvalue weighted by molar-refractivity contribution is 6.32. The number of nitrogens with two attached hydrogens (primary N) is 1. The molecule has 2 aromatic carbocycles. The molecular weight excluding hydrogens is 600 g/mol. The van der Waals surface area contributed by atoms with E-state index in [1.807, 2.05) is 0 Å². The summed E-state index contributed by atoms with van der Waals surface area (Å²) in [5.41, 5.74) is 3.80. The zero-order chi connectivity index (χ0) is 33.8. The first-order valence-corrected chi connectivity index (χ1v) is 14.8. The lowest BCUT2D eigenvalue weighted by Crippen LogP contribution is -2.71. The molecule has 0 aliphatic heterocycles. The summed E-state index contributed by atoms with van der Waals surface area (Å²) in [6.07, 6.45) is -0.0247. The van der Waals surface area contributed by atoms with Crippen molar-refractivity contribution < 1.29 is 53.6 Å². The molecule has 13 heteroatoms. The van der Waals surface area contributed by atoms with E-state index in [2.05, 4.69) is 10.1 Å². The summed E-state index contributed by atoms with van der Waals surface area (Å²) in [5, 5.41) is 34.5. The lowest BCUT2D eigenvalue weighted by Gasteiger charge is -2.52. The predicted octanol–water partition coefficient (Wildman–Crippen LogP) is 0.140. The maximum atomic E-state index is 14.0. The predicted molar refractivity (Wildman–Crippen MR) is 158 cm³/mol. The highest BCUT2D eigenvalue weighted by Crippen LogP contribution is 2.53. The number of primary amides is 1. The van der Waals surface area contributed by atoms with Gasteiger partial charge in [-0.2, -0.15) is 0 Å². The number of ether oxygens (including phenoxy) is 1. The van der Waals surface area contributed by atoms with Crippen LogP contribution >= 0.6 is 0 Å². The summed E-state index contributed by atoms with van der Waals surface area (Å²) >= 11 is 0. The Kier molecular flexibility index (Phi) is 8.43. The Morgan fingerprint density at radius 2 is 1.78 bits per heavy atom. The molecule has 6 N–H and O–H groups in total. The molecule has 3 aliphatic rings. The molecule has 0 saturated heterocycles. The van der Waals surface area contributed by atoms with Gasteiger partial charge in [0.2, 0.25) is 5.91 Å². The number of ketones is 4. The van der Waals surface area contributed by atoms with Crippen molar-refractivity contribution in [3.8, 4) is 16.9 Å². The number of amides is 2. The van der Waals surface area contributed by atoms with Crippen LogP contribution in [0, 0.1) is 35.5 Å². The van der Waals surface area contributed by atoms with Crippen molar-refractivity contribution in [2.75, 3.05) is 13.7 Å². The van der Waals surface area contributed by atoms with Crippen molar-refractivity contribution in [2.24, 2.45) is 41.2 Å². The van der Waals surface area contributed by atoms with Crippen LogP contribution in [-0.4, -0.2) is 81.6 Å². The van der Waals surface area contributed by atoms with Gasteiger partial charge in [0.1, 0.15) is 5.75 Å². The number of aliphatic hydroxyl groups is 2. The highest BCUT2D eigenvalue weighted by Gasteiger charge is 2.69. The van der Waals surface area contributed by atoms with Gasteiger partial charge in [-0.05, 0) is 59.6 Å². The summed E-state index contributed by atoms with van der Waals surface area (Å²) in [6, 6.07) is 7.69. The molecule has 242 valence electrons. The zero-order valence-electron chi connectivity index (χ0n) is 25.3. The van der Waals surface area contributed by atoms with Gasteiger partial charge in [0.05, 0.1) is 25.2 Å². The fourth-order valence-electron chi connectivity index (χ4n) is 7.52. The highest BCUT2D eigenvalue weighted by atomic mass is 16.5. The summed E-state index contributed by atoms with van der Waals surface area (Å²) in [7, 11) is 1.11. The Morgan fingerprint density at radius 3 is 2.39 bits per heavy atom. The zero-order valence-corrected chi connectivity index (χ0v) is 25.3. The van der Waals surface area contributed by atoms with Crippen LogP contribution in [0.15, 0.2) is 36.4 Å². The molecule has 2 amide bonds. The molecule has 7 atom stereocenters. The average Bonchev–Trinajstić information content (AvgIpc) is 3.01. The Hall–Kier alpha value is -4.75. The minimum absolute atomic E-state index is 0.0472. The summed E-state index contributed by atoms with van der Waals surface area (Å²) in [4.78, 5) is 91.8. The van der Waals surface area contributed by atoms with Gasteiger partial charge in [-0.25, -0.2) is 4.79 Å². The lowest BCUT2D eigenvalue weighted by molar-refractivity contribution is -0.182. The normalized spacial score (nSPS) is 27.7. The van der Waals surface area contributed by atoms with Gasteiger partial charge in [-0.15, -0.1) is 0 Å². The first-order valence-electron chi connectivity index (χ1n) is 14.8. The number of methoxy groups -OCH3 is 1. The smallest absolute Gasteiger partial charge is 0.330 e. The number of esters is 1. The van der Waals surface area contributed by atoms with Gasteiger partial charge in [0.25, 0.3) is 5.91 Å². The number of phenolic OH excluding ortho intramolecular Hbond substituents is 1. The number of benzene rings is 2. The lowest BCUT2D eigenvalue weighted by atomic mass is 9.49. The molecule has 2 aromatic rings. The van der Waals surface area contributed by atoms with E-state index in [4.69, 9.17) is 5.73 Å². The summed E-state index contributed by atoms with van der Waals surface area (Å²) in [5.74, 6) is -14.3. The number of aromatic hydroxyl groups is 1. The third-order valence-electron chi connectivity index (χ3n) is 9.61. The molecule has 5 rings (SSSR count). The molecule has 0 radical (unpaired) electrons. The molecule has 3 aliphatic carbocycles. The third-order valence-corrected chi connectivity index (χ3v) is 9.61. The largest absolute Gasteiger partial charge is 0.507 e. The van der Waals surface area contributed by atoms with Crippen molar-refractivity contribution in [1.82, 2.24) is 5.32 Å². The topological polar surface area (TPSA) is 227 Å². The number of nitrogens with one attached hydrogen (secondary N) is 1. The van der Waals surface area contributed by atoms with Gasteiger partial charge < -0.3 is 31.1 Å². The molecule has 3 unspecified atom stereocenters. The second-order valence-corrected chi connectivity index (χ2v) is 12.4. The number of rotatable bonds is 7. The Labute approximate surface area is 263 Å². The summed E-state index contributed by atoms with van der Waals surface area (Å²) < 4.78 is 4.59. The van der Waals surface area contributed by atoms with E-state index >= 15 is 0 Å². The Morgan fingerprint density at radius 1 is 1.09 bits per heavy atom. The van der Waals surface area contributed by atoms with E-state index in [1.165, 1.54) is 18.2 Å². The number of phenols is 1. The first-order chi connectivity index (χ1) is 21.7.